The summed E-state index contributed by atoms with van der Waals surface area (Å²) in [6, 6.07) is 11.5. The van der Waals surface area contributed by atoms with Gasteiger partial charge >= 0.3 is 6.09 Å². The third kappa shape index (κ3) is 3.16. The Bertz CT molecular complexity index is 624. The van der Waals surface area contributed by atoms with Crippen LogP contribution in [0.2, 0.25) is 0 Å². The van der Waals surface area contributed by atoms with E-state index in [2.05, 4.69) is 5.10 Å². The van der Waals surface area contributed by atoms with Crippen LogP contribution in [0.3, 0.4) is 0 Å². The molecule has 6 nitrogen and oxygen atoms in total. The average Bonchev–Trinajstić information content (AvgIpc) is 2.73. The highest BCUT2D eigenvalue weighted by Crippen LogP contribution is 2.16. The number of ether oxygens (including phenoxy) is 1. The summed E-state index contributed by atoms with van der Waals surface area (Å²) in [5.41, 5.74) is 7.63. The van der Waals surface area contributed by atoms with E-state index in [4.69, 9.17) is 10.5 Å². The Kier molecular flexibility index (Phi) is 3.77. The normalized spacial score (nSPS) is 14.4. The predicted molar refractivity (Wildman–Crippen MR) is 78.3 cm³/mol. The van der Waals surface area contributed by atoms with E-state index in [-0.39, 0.29) is 12.7 Å². The van der Waals surface area contributed by atoms with Crippen molar-refractivity contribution >= 4 is 11.9 Å². The number of hydrogen-bond donors (Lipinski definition) is 1. The van der Waals surface area contributed by atoms with Crippen LogP contribution >= 0.6 is 0 Å². The average molecular weight is 286 g/mol. The summed E-state index contributed by atoms with van der Waals surface area (Å²) in [7, 11) is 0. The van der Waals surface area contributed by atoms with Gasteiger partial charge in [-0.2, -0.15) is 5.10 Å². The molecule has 2 N–H and O–H groups in total. The van der Waals surface area contributed by atoms with E-state index in [1.165, 1.54) is 0 Å². The lowest BCUT2D eigenvalue weighted by atomic mass is 10.2. The summed E-state index contributed by atoms with van der Waals surface area (Å²) in [5.74, 6) is 0.490. The summed E-state index contributed by atoms with van der Waals surface area (Å²) in [6.07, 6.45) is 0.543. The highest BCUT2D eigenvalue weighted by molar-refractivity contribution is 5.67. The number of benzene rings is 1. The number of aryl methyl sites for hydroxylation is 1. The number of fused-ring (bicyclic) bond motifs is 1. The largest absolute Gasteiger partial charge is 0.445 e. The van der Waals surface area contributed by atoms with Crippen molar-refractivity contribution in [3.8, 4) is 0 Å². The van der Waals surface area contributed by atoms with Gasteiger partial charge in [0.05, 0.1) is 12.2 Å². The molecule has 21 heavy (non-hydrogen) atoms. The van der Waals surface area contributed by atoms with E-state index >= 15 is 0 Å². The zero-order chi connectivity index (χ0) is 14.7. The van der Waals surface area contributed by atoms with Crippen LogP contribution in [0.5, 0.6) is 0 Å². The summed E-state index contributed by atoms with van der Waals surface area (Å²) in [6.45, 7) is 2.21. The van der Waals surface area contributed by atoms with Crippen molar-refractivity contribution in [3.05, 3.63) is 47.7 Å². The Morgan fingerprint density at radius 1 is 1.29 bits per heavy atom. The van der Waals surface area contributed by atoms with E-state index < -0.39 is 0 Å². The molecule has 0 unspecified atom stereocenters. The summed E-state index contributed by atoms with van der Waals surface area (Å²) in [4.78, 5) is 13.9. The number of hydrogen-bond acceptors (Lipinski definition) is 4. The van der Waals surface area contributed by atoms with Crippen molar-refractivity contribution in [3.63, 3.8) is 0 Å². The van der Waals surface area contributed by atoms with Gasteiger partial charge in [0.15, 0.2) is 0 Å². The first-order valence-electron chi connectivity index (χ1n) is 7.00. The number of rotatable bonds is 2. The zero-order valence-corrected chi connectivity index (χ0v) is 11.7. The topological polar surface area (TPSA) is 73.4 Å². The van der Waals surface area contributed by atoms with Crippen LogP contribution in [-0.4, -0.2) is 27.3 Å². The summed E-state index contributed by atoms with van der Waals surface area (Å²) < 4.78 is 7.23. The lowest BCUT2D eigenvalue weighted by molar-refractivity contribution is 0.0942. The molecule has 110 valence electrons. The lowest BCUT2D eigenvalue weighted by Gasteiger charge is -2.19. The molecule has 2 aromatic rings. The molecule has 0 saturated heterocycles. The number of anilines is 1. The molecular formula is C15H18N4O2. The standard InChI is InChI=1S/C15H18N4O2/c16-14-9-13-10-18(7-4-8-19(13)17-14)15(20)21-11-12-5-2-1-3-6-12/h1-3,5-6,9H,4,7-8,10-11H2,(H2,16,17). The second-order valence-electron chi connectivity index (χ2n) is 5.10. The maximum Gasteiger partial charge on any atom is 0.410 e. The van der Waals surface area contributed by atoms with Crippen LogP contribution in [0.15, 0.2) is 36.4 Å². The number of nitrogens with two attached hydrogens (primary N) is 1. The minimum absolute atomic E-state index is 0.289. The van der Waals surface area contributed by atoms with Gasteiger partial charge in [-0.25, -0.2) is 4.79 Å². The molecule has 3 rings (SSSR count). The van der Waals surface area contributed by atoms with Gasteiger partial charge in [-0.05, 0) is 12.0 Å². The third-order valence-corrected chi connectivity index (χ3v) is 3.50. The quantitative estimate of drug-likeness (QED) is 0.916. The van der Waals surface area contributed by atoms with E-state index in [0.29, 0.717) is 18.9 Å². The molecule has 1 aliphatic heterocycles. The van der Waals surface area contributed by atoms with Crippen molar-refractivity contribution in [2.75, 3.05) is 12.3 Å². The van der Waals surface area contributed by atoms with E-state index in [0.717, 1.165) is 24.2 Å². The Balaban J connectivity index is 1.62. The molecule has 0 radical (unpaired) electrons. The molecule has 0 saturated carbocycles. The SMILES string of the molecule is Nc1cc2n(n1)CCCN(C(=O)OCc1ccccc1)C2. The minimum atomic E-state index is -0.299. The van der Waals surface area contributed by atoms with Gasteiger partial charge in [-0.1, -0.05) is 30.3 Å². The smallest absolute Gasteiger partial charge is 0.410 e. The first-order chi connectivity index (χ1) is 10.2. The fraction of sp³-hybridized carbons (Fsp3) is 0.333. The van der Waals surface area contributed by atoms with E-state index in [9.17, 15) is 4.79 Å². The van der Waals surface area contributed by atoms with Gasteiger partial charge in [-0.15, -0.1) is 0 Å². The van der Waals surface area contributed by atoms with Crippen LogP contribution in [-0.2, 0) is 24.4 Å². The fourth-order valence-corrected chi connectivity index (χ4v) is 2.45. The maximum absolute atomic E-state index is 12.2. The molecule has 0 fully saturated rings. The number of carbonyl (C=O) groups is 1. The molecule has 0 bridgehead atoms. The summed E-state index contributed by atoms with van der Waals surface area (Å²) >= 11 is 0. The second kappa shape index (κ2) is 5.87. The van der Waals surface area contributed by atoms with Crippen molar-refractivity contribution < 1.29 is 9.53 Å². The monoisotopic (exact) mass is 286 g/mol. The molecule has 1 aliphatic rings. The van der Waals surface area contributed by atoms with Gasteiger partial charge in [0, 0.05) is 19.2 Å². The van der Waals surface area contributed by atoms with Crippen LogP contribution in [0, 0.1) is 0 Å². The van der Waals surface area contributed by atoms with Crippen molar-refractivity contribution in [2.24, 2.45) is 0 Å². The highest BCUT2D eigenvalue weighted by atomic mass is 16.6. The third-order valence-electron chi connectivity index (χ3n) is 3.50. The molecular weight excluding hydrogens is 268 g/mol. The zero-order valence-electron chi connectivity index (χ0n) is 11.7. The number of amides is 1. The Labute approximate surface area is 123 Å². The molecule has 1 amide bonds. The first-order valence-corrected chi connectivity index (χ1v) is 7.00. The van der Waals surface area contributed by atoms with Crippen LogP contribution in [0.4, 0.5) is 10.6 Å². The Morgan fingerprint density at radius 3 is 2.90 bits per heavy atom. The van der Waals surface area contributed by atoms with Crippen molar-refractivity contribution in [1.82, 2.24) is 14.7 Å². The second-order valence-corrected chi connectivity index (χ2v) is 5.10. The predicted octanol–water partition coefficient (Wildman–Crippen LogP) is 2.01. The fourth-order valence-electron chi connectivity index (χ4n) is 2.45. The molecule has 0 aliphatic carbocycles. The minimum Gasteiger partial charge on any atom is -0.445 e. The van der Waals surface area contributed by atoms with Crippen LogP contribution < -0.4 is 5.73 Å². The van der Waals surface area contributed by atoms with Gasteiger partial charge in [-0.3, -0.25) is 4.68 Å². The van der Waals surface area contributed by atoms with Gasteiger partial charge in [0.2, 0.25) is 0 Å². The van der Waals surface area contributed by atoms with E-state index in [1.54, 1.807) is 4.90 Å². The van der Waals surface area contributed by atoms with Crippen LogP contribution in [0.25, 0.3) is 0 Å². The number of aromatic nitrogens is 2. The Morgan fingerprint density at radius 2 is 2.10 bits per heavy atom. The molecule has 1 aromatic heterocycles. The molecule has 2 heterocycles. The lowest BCUT2D eigenvalue weighted by Crippen LogP contribution is -2.31. The number of carbonyl (C=O) groups excluding carboxylic acids is 1. The molecule has 0 spiro atoms. The van der Waals surface area contributed by atoms with Gasteiger partial charge in [0.25, 0.3) is 0 Å². The highest BCUT2D eigenvalue weighted by Gasteiger charge is 2.21. The van der Waals surface area contributed by atoms with Crippen molar-refractivity contribution in [2.45, 2.75) is 26.1 Å². The first kappa shape index (κ1) is 13.5. The van der Waals surface area contributed by atoms with Crippen molar-refractivity contribution in [1.29, 1.82) is 0 Å². The Hall–Kier alpha value is -2.50. The van der Waals surface area contributed by atoms with Gasteiger partial charge < -0.3 is 15.4 Å². The maximum atomic E-state index is 12.2. The molecule has 6 heteroatoms. The van der Waals surface area contributed by atoms with Gasteiger partial charge in [0.1, 0.15) is 12.4 Å². The summed E-state index contributed by atoms with van der Waals surface area (Å²) in [5, 5.41) is 4.21. The number of nitrogens with zero attached hydrogens (tertiary/aromatic N) is 3. The molecule has 0 atom stereocenters. The van der Waals surface area contributed by atoms with Crippen LogP contribution in [0.1, 0.15) is 17.7 Å². The molecule has 1 aromatic carbocycles. The van der Waals surface area contributed by atoms with E-state index in [1.807, 2.05) is 41.1 Å². The number of nitrogen functional groups attached to an aromatic ring is 1.